The number of hydrogen-bond acceptors (Lipinski definition) is 4. The van der Waals surface area contributed by atoms with Crippen molar-refractivity contribution in [3.05, 3.63) is 47.2 Å². The van der Waals surface area contributed by atoms with Crippen LogP contribution in [-0.4, -0.2) is 28.8 Å². The molecule has 2 aliphatic rings. The van der Waals surface area contributed by atoms with Crippen LogP contribution in [-0.2, 0) is 14.3 Å². The number of ketones is 1. The van der Waals surface area contributed by atoms with Crippen LogP contribution in [0.5, 0.6) is 0 Å². The smallest absolute Gasteiger partial charge is 0.339 e. The summed E-state index contributed by atoms with van der Waals surface area (Å²) in [6, 6.07) is 9.58. The lowest BCUT2D eigenvalue weighted by molar-refractivity contribution is -0.158. The summed E-state index contributed by atoms with van der Waals surface area (Å²) in [4.78, 5) is 25.6. The summed E-state index contributed by atoms with van der Waals surface area (Å²) in [5, 5.41) is 10.7. The highest BCUT2D eigenvalue weighted by Crippen LogP contribution is 2.48. The van der Waals surface area contributed by atoms with Gasteiger partial charge in [-0.1, -0.05) is 37.3 Å². The van der Waals surface area contributed by atoms with Gasteiger partial charge in [0.25, 0.3) is 0 Å². The zero-order chi connectivity index (χ0) is 18.7. The summed E-state index contributed by atoms with van der Waals surface area (Å²) in [5.41, 5.74) is 1.07. The fourth-order valence-electron chi connectivity index (χ4n) is 3.85. The molecule has 26 heavy (non-hydrogen) atoms. The number of esters is 1. The molecule has 1 heterocycles. The van der Waals surface area contributed by atoms with Gasteiger partial charge >= 0.3 is 5.97 Å². The Labute approximate surface area is 159 Å². The number of aliphatic hydroxyl groups excluding tert-OH is 1. The van der Waals surface area contributed by atoms with Crippen molar-refractivity contribution in [1.82, 2.24) is 0 Å². The number of rotatable bonds is 8. The van der Waals surface area contributed by atoms with Crippen molar-refractivity contribution >= 4 is 23.4 Å². The number of alkyl halides is 1. The van der Waals surface area contributed by atoms with Crippen molar-refractivity contribution < 1.29 is 19.4 Å². The molecule has 0 amide bonds. The summed E-state index contributed by atoms with van der Waals surface area (Å²) >= 11 is 5.76. The quantitative estimate of drug-likeness (QED) is 0.534. The summed E-state index contributed by atoms with van der Waals surface area (Å²) in [5.74, 6) is -1.07. The van der Waals surface area contributed by atoms with Gasteiger partial charge in [-0.3, -0.25) is 4.79 Å². The molecule has 1 N–H and O–H groups in total. The minimum absolute atomic E-state index is 0.120. The number of benzene rings is 1. The number of aliphatic hydroxyl groups is 1. The van der Waals surface area contributed by atoms with Crippen LogP contribution in [0.25, 0.3) is 0 Å². The van der Waals surface area contributed by atoms with Crippen molar-refractivity contribution in [2.45, 2.75) is 51.0 Å². The van der Waals surface area contributed by atoms with Gasteiger partial charge in [-0.15, -0.1) is 11.6 Å². The first kappa shape index (κ1) is 19.0. The summed E-state index contributed by atoms with van der Waals surface area (Å²) in [7, 11) is 0. The SMILES string of the molecule is CCC(CCCCl)C1OC(=O)C(C(c2ccccc2)C2CC2)=C(O)C1=O. The van der Waals surface area contributed by atoms with Gasteiger partial charge in [0, 0.05) is 17.7 Å². The molecule has 5 heteroatoms. The first-order valence-electron chi connectivity index (χ1n) is 9.37. The third-order valence-corrected chi connectivity index (χ3v) is 5.69. The summed E-state index contributed by atoms with van der Waals surface area (Å²) < 4.78 is 5.56. The zero-order valence-electron chi connectivity index (χ0n) is 15.0. The van der Waals surface area contributed by atoms with E-state index in [-0.39, 0.29) is 23.3 Å². The van der Waals surface area contributed by atoms with Gasteiger partial charge < -0.3 is 9.84 Å². The molecule has 1 fully saturated rings. The molecule has 3 atom stereocenters. The van der Waals surface area contributed by atoms with E-state index in [4.69, 9.17) is 16.3 Å². The van der Waals surface area contributed by atoms with E-state index in [2.05, 4.69) is 0 Å². The first-order valence-corrected chi connectivity index (χ1v) is 9.91. The van der Waals surface area contributed by atoms with E-state index in [1.807, 2.05) is 37.3 Å². The second kappa shape index (κ2) is 8.26. The second-order valence-corrected chi connectivity index (χ2v) is 7.56. The number of cyclic esters (lactones) is 1. The molecule has 1 aromatic carbocycles. The molecule has 0 aromatic heterocycles. The molecule has 0 saturated heterocycles. The van der Waals surface area contributed by atoms with Crippen LogP contribution in [0.2, 0.25) is 0 Å². The van der Waals surface area contributed by atoms with Crippen LogP contribution >= 0.6 is 11.6 Å². The molecule has 1 saturated carbocycles. The molecule has 1 aliphatic carbocycles. The molecule has 1 aromatic rings. The molecular weight excluding hydrogens is 352 g/mol. The molecular formula is C21H25ClO4. The van der Waals surface area contributed by atoms with E-state index < -0.39 is 23.6 Å². The molecule has 3 rings (SSSR count). The van der Waals surface area contributed by atoms with Gasteiger partial charge in [-0.25, -0.2) is 4.79 Å². The van der Waals surface area contributed by atoms with E-state index in [0.29, 0.717) is 18.7 Å². The highest BCUT2D eigenvalue weighted by molar-refractivity contribution is 6.17. The number of carbonyl (C=O) groups excluding carboxylic acids is 2. The number of carbonyl (C=O) groups is 2. The highest BCUT2D eigenvalue weighted by Gasteiger charge is 2.46. The van der Waals surface area contributed by atoms with Gasteiger partial charge in [-0.2, -0.15) is 0 Å². The Bertz CT molecular complexity index is 693. The van der Waals surface area contributed by atoms with Gasteiger partial charge in [0.1, 0.15) is 0 Å². The first-order chi connectivity index (χ1) is 12.6. The van der Waals surface area contributed by atoms with Gasteiger partial charge in [0.15, 0.2) is 11.9 Å². The third kappa shape index (κ3) is 3.80. The minimum Gasteiger partial charge on any atom is -0.504 e. The Balaban J connectivity index is 1.92. The largest absolute Gasteiger partial charge is 0.504 e. The summed E-state index contributed by atoms with van der Waals surface area (Å²) in [6.07, 6.45) is 3.18. The van der Waals surface area contributed by atoms with Crippen LogP contribution in [0, 0.1) is 11.8 Å². The molecule has 3 unspecified atom stereocenters. The van der Waals surface area contributed by atoms with Gasteiger partial charge in [0.05, 0.1) is 5.57 Å². The van der Waals surface area contributed by atoms with E-state index >= 15 is 0 Å². The zero-order valence-corrected chi connectivity index (χ0v) is 15.7. The lowest BCUT2D eigenvalue weighted by atomic mass is 9.82. The Kier molecular flexibility index (Phi) is 6.02. The lowest BCUT2D eigenvalue weighted by Crippen LogP contribution is -2.42. The topological polar surface area (TPSA) is 63.6 Å². The Morgan fingerprint density at radius 2 is 1.92 bits per heavy atom. The normalized spacial score (nSPS) is 22.9. The predicted molar refractivity (Wildman–Crippen MR) is 100 cm³/mol. The lowest BCUT2D eigenvalue weighted by Gasteiger charge is -2.31. The second-order valence-electron chi connectivity index (χ2n) is 7.18. The van der Waals surface area contributed by atoms with E-state index in [1.54, 1.807) is 0 Å². The van der Waals surface area contributed by atoms with Gasteiger partial charge in [0.2, 0.25) is 5.78 Å². The number of hydrogen-bond donors (Lipinski definition) is 1. The van der Waals surface area contributed by atoms with Crippen LogP contribution < -0.4 is 0 Å². The van der Waals surface area contributed by atoms with Crippen LogP contribution in [0.15, 0.2) is 41.7 Å². The molecule has 0 radical (unpaired) electrons. The fourth-order valence-corrected chi connectivity index (χ4v) is 4.01. The molecule has 140 valence electrons. The molecule has 0 bridgehead atoms. The van der Waals surface area contributed by atoms with Crippen molar-refractivity contribution in [1.29, 1.82) is 0 Å². The van der Waals surface area contributed by atoms with Gasteiger partial charge in [-0.05, 0) is 43.6 Å². The molecule has 0 spiro atoms. The predicted octanol–water partition coefficient (Wildman–Crippen LogP) is 4.53. The minimum atomic E-state index is -0.907. The molecule has 1 aliphatic heterocycles. The van der Waals surface area contributed by atoms with Crippen molar-refractivity contribution in [3.63, 3.8) is 0 Å². The highest BCUT2D eigenvalue weighted by atomic mass is 35.5. The molecule has 4 nitrogen and oxygen atoms in total. The van der Waals surface area contributed by atoms with Crippen LogP contribution in [0.1, 0.15) is 50.5 Å². The maximum atomic E-state index is 12.8. The van der Waals surface area contributed by atoms with E-state index in [9.17, 15) is 14.7 Å². The average Bonchev–Trinajstić information content (AvgIpc) is 3.48. The maximum absolute atomic E-state index is 12.8. The Hall–Kier alpha value is -1.81. The third-order valence-electron chi connectivity index (χ3n) is 5.43. The maximum Gasteiger partial charge on any atom is 0.339 e. The van der Waals surface area contributed by atoms with E-state index in [0.717, 1.165) is 24.8 Å². The van der Waals surface area contributed by atoms with E-state index in [1.165, 1.54) is 0 Å². The Morgan fingerprint density at radius 1 is 1.23 bits per heavy atom. The standard InChI is InChI=1S/C21H25ClO4/c1-2-13(9-6-12-22)20-19(24)18(23)17(21(25)26-20)16(15-10-11-15)14-7-4-3-5-8-14/h3-5,7-8,13,15-16,20,23H,2,6,9-12H2,1H3. The number of halogens is 1. The van der Waals surface area contributed by atoms with Crippen molar-refractivity contribution in [2.24, 2.45) is 11.8 Å². The Morgan fingerprint density at radius 3 is 2.50 bits per heavy atom. The summed E-state index contributed by atoms with van der Waals surface area (Å²) in [6.45, 7) is 1.95. The van der Waals surface area contributed by atoms with Crippen LogP contribution in [0.3, 0.4) is 0 Å². The average molecular weight is 377 g/mol. The van der Waals surface area contributed by atoms with Crippen LogP contribution in [0.4, 0.5) is 0 Å². The number of ether oxygens (including phenoxy) is 1. The van der Waals surface area contributed by atoms with Crippen molar-refractivity contribution in [2.75, 3.05) is 5.88 Å². The fraction of sp³-hybridized carbons (Fsp3) is 0.524. The monoisotopic (exact) mass is 376 g/mol. The number of Topliss-reactive ketones (excluding diaryl/α,β-unsaturated/α-hetero) is 1. The van der Waals surface area contributed by atoms with Crippen molar-refractivity contribution in [3.8, 4) is 0 Å².